The molecule has 0 amide bonds. The minimum absolute atomic E-state index is 0.0456. The fourth-order valence-corrected chi connectivity index (χ4v) is 29.4. The van der Waals surface area contributed by atoms with Crippen LogP contribution in [0.3, 0.4) is 0 Å². The summed E-state index contributed by atoms with van der Waals surface area (Å²) in [7, 11) is 6.01. The molecular formula is C31H55ClN2P2. The van der Waals surface area contributed by atoms with Crippen molar-refractivity contribution in [3.63, 3.8) is 0 Å². The Morgan fingerprint density at radius 1 is 0.500 bits per heavy atom. The van der Waals surface area contributed by atoms with Gasteiger partial charge in [0, 0.05) is 0 Å². The van der Waals surface area contributed by atoms with E-state index in [1.165, 1.54) is 22.0 Å². The molecule has 5 heteroatoms. The SMILES string of the molecule is CN(C)c1ccc([PH](Cl)(C(C)(C)C)C(C)(C)[PH](c2ccc(N(C)C)cc2)(C(C)(C)C)C(C)(C)C)cc1. The standard InChI is InChI=1S/C31H55ClN2P2/c1-28(2,3)35(29(4,5)6,26-20-16-24(17-21-26)33(12)13)31(10,11)36(32,30(7,8)9)27-22-18-25(19-23-27)34(14)15/h16-23,35-36H,1-15H3. The van der Waals surface area contributed by atoms with E-state index < -0.39 is 13.9 Å². The van der Waals surface area contributed by atoms with Crippen LogP contribution in [0.1, 0.15) is 76.2 Å². The molecule has 0 bridgehead atoms. The predicted molar refractivity (Wildman–Crippen MR) is 177 cm³/mol. The molecule has 0 fully saturated rings. The summed E-state index contributed by atoms with van der Waals surface area (Å²) >= 11 is 8.34. The molecule has 206 valence electrons. The summed E-state index contributed by atoms with van der Waals surface area (Å²) in [4.78, 5) is 4.27. The molecule has 2 aromatic rings. The molecule has 2 rings (SSSR count). The molecule has 0 saturated carbocycles. The Bertz CT molecular complexity index is 1010. The summed E-state index contributed by atoms with van der Waals surface area (Å²) in [6, 6.07) is 18.7. The van der Waals surface area contributed by atoms with Gasteiger partial charge in [0.05, 0.1) is 0 Å². The topological polar surface area (TPSA) is 6.48 Å². The van der Waals surface area contributed by atoms with E-state index in [9.17, 15) is 0 Å². The van der Waals surface area contributed by atoms with E-state index in [0.717, 1.165) is 0 Å². The van der Waals surface area contributed by atoms with E-state index in [-0.39, 0.29) is 20.4 Å². The average Bonchev–Trinajstić information content (AvgIpc) is 2.70. The number of anilines is 2. The number of halogens is 1. The van der Waals surface area contributed by atoms with E-state index in [1.54, 1.807) is 0 Å². The molecule has 0 aromatic heterocycles. The molecule has 36 heavy (non-hydrogen) atoms. The molecule has 0 saturated heterocycles. The Labute approximate surface area is 229 Å². The minimum atomic E-state index is -2.68. The molecule has 0 atom stereocenters. The van der Waals surface area contributed by atoms with Crippen LogP contribution in [0.2, 0.25) is 0 Å². The monoisotopic (exact) mass is 552 g/mol. The second-order valence-corrected chi connectivity index (χ2v) is 27.8. The van der Waals surface area contributed by atoms with E-state index >= 15 is 0 Å². The van der Waals surface area contributed by atoms with Crippen molar-refractivity contribution in [3.05, 3.63) is 48.5 Å². The molecule has 0 unspecified atom stereocenters. The zero-order valence-electron chi connectivity index (χ0n) is 25.9. The van der Waals surface area contributed by atoms with Crippen LogP contribution in [0.25, 0.3) is 0 Å². The van der Waals surface area contributed by atoms with Crippen LogP contribution in [0.5, 0.6) is 0 Å². The summed E-state index contributed by atoms with van der Waals surface area (Å²) in [6.45, 7) is 24.4. The Morgan fingerprint density at radius 2 is 0.806 bits per heavy atom. The van der Waals surface area contributed by atoms with Crippen molar-refractivity contribution < 1.29 is 0 Å². The summed E-state index contributed by atoms with van der Waals surface area (Å²) in [5, 5.41) is 2.98. The Balaban J connectivity index is 3.05. The van der Waals surface area contributed by atoms with Gasteiger partial charge in [0.25, 0.3) is 0 Å². The van der Waals surface area contributed by atoms with Gasteiger partial charge in [-0.05, 0) is 0 Å². The van der Waals surface area contributed by atoms with Crippen LogP contribution in [0.4, 0.5) is 11.4 Å². The molecular weight excluding hydrogens is 498 g/mol. The van der Waals surface area contributed by atoms with Gasteiger partial charge in [-0.15, -0.1) is 0 Å². The summed E-state index contributed by atoms with van der Waals surface area (Å²) < 4.78 is 0. The third-order valence-electron chi connectivity index (χ3n) is 8.68. The third kappa shape index (κ3) is 4.85. The van der Waals surface area contributed by atoms with Gasteiger partial charge in [-0.3, -0.25) is 0 Å². The van der Waals surface area contributed by atoms with E-state index in [0.29, 0.717) is 0 Å². The van der Waals surface area contributed by atoms with Gasteiger partial charge >= 0.3 is 230 Å². The van der Waals surface area contributed by atoms with Gasteiger partial charge in [0.1, 0.15) is 0 Å². The van der Waals surface area contributed by atoms with Crippen LogP contribution in [-0.2, 0) is 0 Å². The second-order valence-electron chi connectivity index (χ2n) is 14.7. The van der Waals surface area contributed by atoms with Crippen LogP contribution < -0.4 is 20.4 Å². The van der Waals surface area contributed by atoms with Crippen LogP contribution in [0, 0.1) is 0 Å². The fraction of sp³-hybridized carbons (Fsp3) is 0.613. The molecule has 0 N–H and O–H groups in total. The van der Waals surface area contributed by atoms with Gasteiger partial charge in [0.2, 0.25) is 0 Å². The number of rotatable bonds is 6. The number of hydrogen-bond donors (Lipinski definition) is 0. The first-order valence-electron chi connectivity index (χ1n) is 13.3. The summed E-state index contributed by atoms with van der Waals surface area (Å²) in [6.07, 6.45) is 0. The first-order chi connectivity index (χ1) is 16.1. The van der Waals surface area contributed by atoms with Gasteiger partial charge in [-0.25, -0.2) is 0 Å². The van der Waals surface area contributed by atoms with E-state index in [4.69, 9.17) is 11.2 Å². The van der Waals surface area contributed by atoms with E-state index in [2.05, 4.69) is 163 Å². The molecule has 2 aromatic carbocycles. The van der Waals surface area contributed by atoms with Crippen LogP contribution in [0.15, 0.2) is 48.5 Å². The molecule has 0 spiro atoms. The van der Waals surface area contributed by atoms with Crippen molar-refractivity contribution in [2.24, 2.45) is 0 Å². The zero-order chi connectivity index (χ0) is 28.1. The number of hydrogen-bond acceptors (Lipinski definition) is 2. The fourth-order valence-electron chi connectivity index (χ4n) is 8.22. The Kier molecular flexibility index (Phi) is 8.78. The van der Waals surface area contributed by atoms with E-state index in [1.807, 2.05) is 0 Å². The maximum atomic E-state index is 8.34. The maximum absolute atomic E-state index is 8.34. The average molecular weight is 553 g/mol. The first-order valence-corrected chi connectivity index (χ1v) is 18.3. The Morgan fingerprint density at radius 3 is 1.06 bits per heavy atom. The van der Waals surface area contributed by atoms with Crippen molar-refractivity contribution in [2.45, 2.75) is 96.5 Å². The normalized spacial score (nSPS) is 15.0. The third-order valence-corrected chi connectivity index (χ3v) is 27.7. The molecule has 0 aliphatic heterocycles. The number of benzene rings is 2. The van der Waals surface area contributed by atoms with Crippen molar-refractivity contribution in [3.8, 4) is 0 Å². The molecule has 0 aliphatic rings. The predicted octanol–water partition coefficient (Wildman–Crippen LogP) is 8.55. The second kappa shape index (κ2) is 10.1. The summed E-state index contributed by atoms with van der Waals surface area (Å²) in [5.41, 5.74) is 2.46. The van der Waals surface area contributed by atoms with Gasteiger partial charge < -0.3 is 0 Å². The van der Waals surface area contributed by atoms with Crippen LogP contribution in [-0.4, -0.2) is 48.6 Å². The summed E-state index contributed by atoms with van der Waals surface area (Å²) in [5.74, 6) is 0. The zero-order valence-corrected chi connectivity index (χ0v) is 28.6. The van der Waals surface area contributed by atoms with Crippen molar-refractivity contribution in [1.82, 2.24) is 0 Å². The quantitative estimate of drug-likeness (QED) is 0.331. The Hall–Kier alpha value is -0.810. The number of nitrogens with zero attached hydrogens (tertiary/aromatic N) is 2. The van der Waals surface area contributed by atoms with Gasteiger partial charge in [-0.1, -0.05) is 0 Å². The molecule has 2 nitrogen and oxygen atoms in total. The molecule has 0 radical (unpaired) electrons. The van der Waals surface area contributed by atoms with Crippen LogP contribution >= 0.6 is 25.1 Å². The molecule has 0 heterocycles. The molecule has 0 aliphatic carbocycles. The van der Waals surface area contributed by atoms with Crippen molar-refractivity contribution in [2.75, 3.05) is 38.0 Å². The van der Waals surface area contributed by atoms with Gasteiger partial charge in [-0.2, -0.15) is 0 Å². The van der Waals surface area contributed by atoms with Gasteiger partial charge in [0.15, 0.2) is 0 Å². The van der Waals surface area contributed by atoms with Crippen molar-refractivity contribution in [1.29, 1.82) is 0 Å². The van der Waals surface area contributed by atoms with Crippen molar-refractivity contribution >= 4 is 47.1 Å². The first kappa shape index (κ1) is 31.4.